The van der Waals surface area contributed by atoms with Gasteiger partial charge in [0.2, 0.25) is 0 Å². The Balaban J connectivity index is 1.66. The van der Waals surface area contributed by atoms with Gasteiger partial charge in [-0.25, -0.2) is 0 Å². The molecule has 1 saturated heterocycles. The van der Waals surface area contributed by atoms with E-state index >= 15 is 0 Å². The van der Waals surface area contributed by atoms with E-state index in [4.69, 9.17) is 9.47 Å². The molecule has 3 rings (SSSR count). The maximum Gasteiger partial charge on any atom is 0.279 e. The van der Waals surface area contributed by atoms with E-state index in [1.165, 1.54) is 4.31 Å². The van der Waals surface area contributed by atoms with Crippen molar-refractivity contribution in [3.63, 3.8) is 0 Å². The lowest BCUT2D eigenvalue weighted by Gasteiger charge is -2.16. The first-order valence-corrected chi connectivity index (χ1v) is 8.72. The Bertz CT molecular complexity index is 597. The smallest absolute Gasteiger partial charge is 0.279 e. The summed E-state index contributed by atoms with van der Waals surface area (Å²) in [5.41, 5.74) is 0.863. The van der Waals surface area contributed by atoms with Gasteiger partial charge in [-0.05, 0) is 30.5 Å². The quantitative estimate of drug-likeness (QED) is 0.909. The van der Waals surface area contributed by atoms with Crippen molar-refractivity contribution in [3.8, 4) is 11.5 Å². The molecule has 116 valence electrons. The number of nitrogens with zero attached hydrogens (tertiary/aromatic N) is 1. The van der Waals surface area contributed by atoms with Gasteiger partial charge in [-0.3, -0.25) is 0 Å². The molecule has 0 amide bonds. The molecule has 0 spiro atoms. The number of fused-ring (bicyclic) bond motifs is 1. The highest BCUT2D eigenvalue weighted by Crippen LogP contribution is 2.30. The van der Waals surface area contributed by atoms with Gasteiger partial charge in [-0.2, -0.15) is 17.4 Å². The van der Waals surface area contributed by atoms with Crippen LogP contribution in [-0.2, 0) is 16.8 Å². The molecule has 0 radical (unpaired) electrons. The third kappa shape index (κ3) is 3.48. The first-order valence-electron chi connectivity index (χ1n) is 7.28. The van der Waals surface area contributed by atoms with E-state index in [-0.39, 0.29) is 6.54 Å². The minimum atomic E-state index is -3.38. The zero-order valence-corrected chi connectivity index (χ0v) is 12.7. The van der Waals surface area contributed by atoms with Crippen molar-refractivity contribution < 1.29 is 17.9 Å². The Morgan fingerprint density at radius 2 is 1.76 bits per heavy atom. The maximum absolute atomic E-state index is 12.1. The zero-order valence-electron chi connectivity index (χ0n) is 11.9. The number of hydrogen-bond donors (Lipinski definition) is 1. The van der Waals surface area contributed by atoms with Gasteiger partial charge in [-0.15, -0.1) is 0 Å². The largest absolute Gasteiger partial charge is 0.490 e. The average Bonchev–Trinajstić information content (AvgIpc) is 2.92. The van der Waals surface area contributed by atoms with Crippen LogP contribution >= 0.6 is 0 Å². The summed E-state index contributed by atoms with van der Waals surface area (Å²) in [6.07, 6.45) is 2.72. The van der Waals surface area contributed by atoms with E-state index in [9.17, 15) is 8.42 Å². The van der Waals surface area contributed by atoms with Gasteiger partial charge >= 0.3 is 0 Å². The van der Waals surface area contributed by atoms with Crippen LogP contribution < -0.4 is 14.2 Å². The molecule has 0 atom stereocenters. The minimum absolute atomic E-state index is 0.259. The van der Waals surface area contributed by atoms with Gasteiger partial charge in [0.25, 0.3) is 10.2 Å². The van der Waals surface area contributed by atoms with Gasteiger partial charge in [0.15, 0.2) is 11.5 Å². The molecule has 2 heterocycles. The van der Waals surface area contributed by atoms with Gasteiger partial charge < -0.3 is 9.47 Å². The molecule has 2 aliphatic rings. The SMILES string of the molecule is O=S(=O)(NCc1ccc2c(c1)OCCCO2)N1CCCC1. The highest BCUT2D eigenvalue weighted by molar-refractivity contribution is 7.87. The second-order valence-corrected chi connectivity index (χ2v) is 7.02. The molecular formula is C14H20N2O4S. The van der Waals surface area contributed by atoms with Gasteiger partial charge in [0.1, 0.15) is 0 Å². The fourth-order valence-corrected chi connectivity index (χ4v) is 3.78. The summed E-state index contributed by atoms with van der Waals surface area (Å²) in [6.45, 7) is 2.74. The molecule has 0 saturated carbocycles. The van der Waals surface area contributed by atoms with Crippen molar-refractivity contribution in [2.45, 2.75) is 25.8 Å². The van der Waals surface area contributed by atoms with Crippen LogP contribution in [0.3, 0.4) is 0 Å². The van der Waals surface area contributed by atoms with Gasteiger partial charge in [-0.1, -0.05) is 6.07 Å². The van der Waals surface area contributed by atoms with Crippen molar-refractivity contribution >= 4 is 10.2 Å². The Kier molecular flexibility index (Phi) is 4.32. The van der Waals surface area contributed by atoms with E-state index in [0.29, 0.717) is 32.1 Å². The summed E-state index contributed by atoms with van der Waals surface area (Å²) in [5.74, 6) is 1.41. The number of ether oxygens (including phenoxy) is 2. The summed E-state index contributed by atoms with van der Waals surface area (Å²) in [5, 5.41) is 0. The Morgan fingerprint density at radius 1 is 1.05 bits per heavy atom. The lowest BCUT2D eigenvalue weighted by atomic mass is 10.2. The maximum atomic E-state index is 12.1. The topological polar surface area (TPSA) is 67.9 Å². The third-order valence-electron chi connectivity index (χ3n) is 3.68. The first kappa shape index (κ1) is 14.6. The molecule has 1 aromatic rings. The van der Waals surface area contributed by atoms with Crippen LogP contribution in [-0.4, -0.2) is 39.0 Å². The number of benzene rings is 1. The summed E-state index contributed by atoms with van der Waals surface area (Å²) in [6, 6.07) is 5.54. The molecule has 1 aromatic carbocycles. The van der Waals surface area contributed by atoms with Crippen LogP contribution in [0.4, 0.5) is 0 Å². The van der Waals surface area contributed by atoms with E-state index in [1.807, 2.05) is 18.2 Å². The molecule has 2 aliphatic heterocycles. The van der Waals surface area contributed by atoms with Crippen LogP contribution in [0.5, 0.6) is 11.5 Å². The molecule has 0 aliphatic carbocycles. The van der Waals surface area contributed by atoms with E-state index in [2.05, 4.69) is 4.72 Å². The second kappa shape index (κ2) is 6.21. The third-order valence-corrected chi connectivity index (χ3v) is 5.23. The molecule has 1 N–H and O–H groups in total. The van der Waals surface area contributed by atoms with Crippen molar-refractivity contribution in [3.05, 3.63) is 23.8 Å². The molecular weight excluding hydrogens is 292 g/mol. The molecule has 0 aromatic heterocycles. The van der Waals surface area contributed by atoms with Gasteiger partial charge in [0.05, 0.1) is 13.2 Å². The highest BCUT2D eigenvalue weighted by atomic mass is 32.2. The van der Waals surface area contributed by atoms with E-state index in [0.717, 1.165) is 30.6 Å². The van der Waals surface area contributed by atoms with Crippen LogP contribution in [0.15, 0.2) is 18.2 Å². The van der Waals surface area contributed by atoms with Gasteiger partial charge in [0, 0.05) is 26.1 Å². The standard InChI is InChI=1S/C14H20N2O4S/c17-21(18,16-6-1-2-7-16)15-11-12-4-5-13-14(10-12)20-9-3-8-19-13/h4-5,10,15H,1-3,6-9,11H2. The Labute approximate surface area is 125 Å². The summed E-state index contributed by atoms with van der Waals surface area (Å²) in [7, 11) is -3.38. The number of rotatable bonds is 4. The van der Waals surface area contributed by atoms with Crippen molar-refractivity contribution in [1.29, 1.82) is 0 Å². The molecule has 1 fully saturated rings. The summed E-state index contributed by atoms with van der Waals surface area (Å²) >= 11 is 0. The van der Waals surface area contributed by atoms with Crippen LogP contribution in [0.25, 0.3) is 0 Å². The zero-order chi connectivity index (χ0) is 14.7. The number of nitrogens with one attached hydrogen (secondary N) is 1. The lowest BCUT2D eigenvalue weighted by Crippen LogP contribution is -2.38. The Morgan fingerprint density at radius 3 is 2.52 bits per heavy atom. The predicted octanol–water partition coefficient (Wildman–Crippen LogP) is 1.28. The lowest BCUT2D eigenvalue weighted by molar-refractivity contribution is 0.297. The fraction of sp³-hybridized carbons (Fsp3) is 0.571. The van der Waals surface area contributed by atoms with Crippen molar-refractivity contribution in [1.82, 2.24) is 9.03 Å². The normalized spacial score (nSPS) is 19.4. The molecule has 0 unspecified atom stereocenters. The minimum Gasteiger partial charge on any atom is -0.490 e. The molecule has 21 heavy (non-hydrogen) atoms. The molecule has 0 bridgehead atoms. The highest BCUT2D eigenvalue weighted by Gasteiger charge is 2.24. The molecule has 6 nitrogen and oxygen atoms in total. The fourth-order valence-electron chi connectivity index (χ4n) is 2.51. The Hall–Kier alpha value is -1.31. The van der Waals surface area contributed by atoms with Crippen molar-refractivity contribution in [2.75, 3.05) is 26.3 Å². The average molecular weight is 312 g/mol. The first-order chi connectivity index (χ1) is 10.1. The monoisotopic (exact) mass is 312 g/mol. The van der Waals surface area contributed by atoms with E-state index < -0.39 is 10.2 Å². The molecule has 7 heteroatoms. The predicted molar refractivity (Wildman–Crippen MR) is 78.6 cm³/mol. The number of hydrogen-bond acceptors (Lipinski definition) is 4. The summed E-state index contributed by atoms with van der Waals surface area (Å²) in [4.78, 5) is 0. The van der Waals surface area contributed by atoms with Crippen LogP contribution in [0.1, 0.15) is 24.8 Å². The summed E-state index contributed by atoms with van der Waals surface area (Å²) < 4.78 is 39.5. The van der Waals surface area contributed by atoms with Crippen LogP contribution in [0, 0.1) is 0 Å². The second-order valence-electron chi connectivity index (χ2n) is 5.26. The van der Waals surface area contributed by atoms with Crippen molar-refractivity contribution in [2.24, 2.45) is 0 Å². The van der Waals surface area contributed by atoms with Crippen LogP contribution in [0.2, 0.25) is 0 Å². The van der Waals surface area contributed by atoms with E-state index in [1.54, 1.807) is 0 Å².